The molecule has 1 spiro atoms. The molecule has 2 bridgehead atoms. The van der Waals surface area contributed by atoms with Gasteiger partial charge in [-0.25, -0.2) is 9.50 Å². The maximum absolute atomic E-state index is 14.1. The van der Waals surface area contributed by atoms with Gasteiger partial charge in [0.15, 0.2) is 16.9 Å². The van der Waals surface area contributed by atoms with Gasteiger partial charge in [-0.3, -0.25) is 24.0 Å². The predicted molar refractivity (Wildman–Crippen MR) is 184 cm³/mol. The van der Waals surface area contributed by atoms with Crippen LogP contribution in [0.4, 0.5) is 0 Å². The summed E-state index contributed by atoms with van der Waals surface area (Å²) in [7, 11) is 0. The van der Waals surface area contributed by atoms with Gasteiger partial charge in [0.2, 0.25) is 17.7 Å². The minimum Gasteiger partial charge on any atom is -0.492 e. The van der Waals surface area contributed by atoms with E-state index in [9.17, 15) is 24.0 Å². The summed E-state index contributed by atoms with van der Waals surface area (Å²) >= 11 is 0. The minimum atomic E-state index is -1.43. The monoisotopic (exact) mass is 696 g/mol. The zero-order chi connectivity index (χ0) is 36.0. The average molecular weight is 697 g/mol. The van der Waals surface area contributed by atoms with Crippen molar-refractivity contribution in [3.05, 3.63) is 90.4 Å². The zero-order valence-electron chi connectivity index (χ0n) is 28.3. The number of fused-ring (bicyclic) bond motifs is 16. The molecule has 7 rings (SSSR count). The Morgan fingerprint density at radius 3 is 2.29 bits per heavy atom. The molecule has 2 aromatic carbocycles. The largest absolute Gasteiger partial charge is 0.492 e. The molecule has 51 heavy (non-hydrogen) atoms. The topological polar surface area (TPSA) is 185 Å². The second-order valence-electron chi connectivity index (χ2n) is 12.6. The molecule has 0 aliphatic carbocycles. The summed E-state index contributed by atoms with van der Waals surface area (Å²) in [6.45, 7) is 3.77. The number of piperidine rings is 1. The maximum atomic E-state index is 14.1. The van der Waals surface area contributed by atoms with Crippen LogP contribution >= 0.6 is 0 Å². The van der Waals surface area contributed by atoms with Crippen LogP contribution in [-0.2, 0) is 25.6 Å². The van der Waals surface area contributed by atoms with E-state index < -0.39 is 47.4 Å². The number of carbonyl (C=O) groups excluding carboxylic acids is 5. The zero-order valence-corrected chi connectivity index (χ0v) is 28.3. The standard InChI is InChI=1S/C36H40N8O7/c1-23-31(45)38-16-20-50-26-9-11-27(12-10-26)51-36(13-18-43(19-14-36)34(48)29-22-30-37-15-6-17-44(30)42-29)35(49)40-24(2)32(46)41-28(33(47)39-23)21-25-7-4-3-5-8-25/h3-12,15,17,22-24,28H,13-14,16,18-21H2,1-2H3,(H,38,45)(H,39,47)(H,40,49)(H,41,46)/t23-,24-,28-/m0/s1. The highest BCUT2D eigenvalue weighted by atomic mass is 16.5. The second-order valence-corrected chi connectivity index (χ2v) is 12.6. The Balaban J connectivity index is 1.23. The van der Waals surface area contributed by atoms with E-state index in [1.165, 1.54) is 11.4 Å². The van der Waals surface area contributed by atoms with Gasteiger partial charge < -0.3 is 35.6 Å². The molecular formula is C36H40N8O7. The third-order valence-corrected chi connectivity index (χ3v) is 8.94. The van der Waals surface area contributed by atoms with Gasteiger partial charge in [0.1, 0.15) is 36.2 Å². The fourth-order valence-corrected chi connectivity index (χ4v) is 6.00. The third-order valence-electron chi connectivity index (χ3n) is 8.94. The summed E-state index contributed by atoms with van der Waals surface area (Å²) in [4.78, 5) is 73.1. The van der Waals surface area contributed by atoms with E-state index in [1.807, 2.05) is 30.3 Å². The van der Waals surface area contributed by atoms with Gasteiger partial charge in [-0.1, -0.05) is 30.3 Å². The fraction of sp³-hybridized carbons (Fsp3) is 0.361. The van der Waals surface area contributed by atoms with Crippen molar-refractivity contribution in [2.24, 2.45) is 0 Å². The molecule has 5 amide bonds. The first kappa shape index (κ1) is 34.9. The molecule has 3 aliphatic heterocycles. The molecule has 0 radical (unpaired) electrons. The Kier molecular flexibility index (Phi) is 10.4. The molecule has 266 valence electrons. The van der Waals surface area contributed by atoms with Gasteiger partial charge in [-0.2, -0.15) is 5.10 Å². The van der Waals surface area contributed by atoms with E-state index in [-0.39, 0.29) is 57.1 Å². The Hall–Kier alpha value is -5.99. The Morgan fingerprint density at radius 2 is 1.57 bits per heavy atom. The van der Waals surface area contributed by atoms with Crippen LogP contribution in [0.3, 0.4) is 0 Å². The van der Waals surface area contributed by atoms with Crippen LogP contribution in [0.5, 0.6) is 11.5 Å². The van der Waals surface area contributed by atoms with E-state index in [0.29, 0.717) is 17.1 Å². The van der Waals surface area contributed by atoms with Crippen LogP contribution in [0.2, 0.25) is 0 Å². The first-order valence-electron chi connectivity index (χ1n) is 16.9. The van der Waals surface area contributed by atoms with Crippen molar-refractivity contribution in [3.8, 4) is 11.5 Å². The van der Waals surface area contributed by atoms with Crippen LogP contribution in [-0.4, -0.2) is 99.0 Å². The van der Waals surface area contributed by atoms with Crippen LogP contribution in [0, 0.1) is 0 Å². The molecule has 3 aliphatic rings. The number of benzene rings is 2. The van der Waals surface area contributed by atoms with Crippen molar-refractivity contribution >= 4 is 35.2 Å². The fourth-order valence-electron chi connectivity index (χ4n) is 6.00. The first-order valence-corrected chi connectivity index (χ1v) is 16.9. The number of hydrogen-bond acceptors (Lipinski definition) is 9. The van der Waals surface area contributed by atoms with Gasteiger partial charge >= 0.3 is 0 Å². The summed E-state index contributed by atoms with van der Waals surface area (Å²) in [5.41, 5.74) is 0.123. The quantitative estimate of drug-likeness (QED) is 0.227. The van der Waals surface area contributed by atoms with E-state index in [2.05, 4.69) is 31.3 Å². The van der Waals surface area contributed by atoms with Gasteiger partial charge in [0.05, 0.1) is 6.54 Å². The predicted octanol–water partition coefficient (Wildman–Crippen LogP) is 1.03. The van der Waals surface area contributed by atoms with Gasteiger partial charge in [-0.05, 0) is 49.7 Å². The number of ether oxygens (including phenoxy) is 2. The van der Waals surface area contributed by atoms with Crippen LogP contribution in [0.1, 0.15) is 42.7 Å². The van der Waals surface area contributed by atoms with Crippen molar-refractivity contribution in [1.29, 1.82) is 0 Å². The Bertz CT molecular complexity index is 1860. The summed E-state index contributed by atoms with van der Waals surface area (Å²) in [6, 6.07) is 16.2. The number of rotatable bonds is 3. The molecule has 2 aromatic heterocycles. The number of likely N-dealkylation sites (tertiary alicyclic amines) is 1. The van der Waals surface area contributed by atoms with Crippen molar-refractivity contribution in [3.63, 3.8) is 0 Å². The van der Waals surface area contributed by atoms with E-state index >= 15 is 0 Å². The van der Waals surface area contributed by atoms with Crippen LogP contribution < -0.4 is 30.7 Å². The number of nitrogens with one attached hydrogen (secondary N) is 4. The van der Waals surface area contributed by atoms with Crippen molar-refractivity contribution in [2.45, 2.75) is 56.8 Å². The van der Waals surface area contributed by atoms with Crippen molar-refractivity contribution in [2.75, 3.05) is 26.2 Å². The van der Waals surface area contributed by atoms with Gasteiger partial charge in [-0.15, -0.1) is 0 Å². The lowest BCUT2D eigenvalue weighted by Gasteiger charge is -2.40. The molecule has 5 heterocycles. The maximum Gasteiger partial charge on any atom is 0.274 e. The van der Waals surface area contributed by atoms with E-state index in [1.54, 1.807) is 60.6 Å². The molecule has 15 heteroatoms. The number of aromatic nitrogens is 3. The van der Waals surface area contributed by atoms with Crippen LogP contribution in [0.25, 0.3) is 5.65 Å². The molecule has 15 nitrogen and oxygen atoms in total. The highest BCUT2D eigenvalue weighted by Crippen LogP contribution is 2.31. The van der Waals surface area contributed by atoms with E-state index in [0.717, 1.165) is 5.56 Å². The molecule has 4 aromatic rings. The number of amides is 5. The smallest absolute Gasteiger partial charge is 0.274 e. The lowest BCUT2D eigenvalue weighted by atomic mass is 9.89. The SMILES string of the molecule is C[C@@H]1NC(=O)[C@H](Cc2ccccc2)NC(=O)[C@H](C)NC(=O)C2(CCN(C(=O)c3cc4ncccn4n3)CC2)Oc2ccc(cc2)OCCNC1=O. The summed E-state index contributed by atoms with van der Waals surface area (Å²) in [5, 5.41) is 15.3. The number of nitrogens with zero attached hydrogens (tertiary/aromatic N) is 4. The molecule has 4 N–H and O–H groups in total. The third kappa shape index (κ3) is 8.25. The second kappa shape index (κ2) is 15.3. The number of carbonyl (C=O) groups is 5. The highest BCUT2D eigenvalue weighted by molar-refractivity contribution is 5.96. The first-order chi connectivity index (χ1) is 24.6. The van der Waals surface area contributed by atoms with Gasteiger partial charge in [0, 0.05) is 50.8 Å². The van der Waals surface area contributed by atoms with Crippen molar-refractivity contribution < 1.29 is 33.4 Å². The number of hydrogen-bond donors (Lipinski definition) is 4. The Morgan fingerprint density at radius 1 is 0.863 bits per heavy atom. The molecule has 0 unspecified atom stereocenters. The molecule has 1 fully saturated rings. The lowest BCUT2D eigenvalue weighted by Crippen LogP contribution is -2.61. The molecule has 0 saturated carbocycles. The average Bonchev–Trinajstić information content (AvgIpc) is 3.58. The van der Waals surface area contributed by atoms with E-state index in [4.69, 9.17) is 9.47 Å². The van der Waals surface area contributed by atoms with Crippen LogP contribution in [0.15, 0.2) is 79.1 Å². The summed E-state index contributed by atoms with van der Waals surface area (Å²) < 4.78 is 13.7. The Labute approximate surface area is 294 Å². The normalized spacial score (nSPS) is 21.8. The summed E-state index contributed by atoms with van der Waals surface area (Å²) in [6.07, 6.45) is 3.72. The van der Waals surface area contributed by atoms with Crippen molar-refractivity contribution in [1.82, 2.24) is 40.8 Å². The highest BCUT2D eigenvalue weighted by Gasteiger charge is 2.46. The minimum absolute atomic E-state index is 0.124. The summed E-state index contributed by atoms with van der Waals surface area (Å²) in [5.74, 6) is -1.51. The molecule has 3 atom stereocenters. The molecule has 1 saturated heterocycles. The lowest BCUT2D eigenvalue weighted by molar-refractivity contribution is -0.143. The van der Waals surface area contributed by atoms with Gasteiger partial charge in [0.25, 0.3) is 11.8 Å². The molecular weight excluding hydrogens is 656 g/mol.